The highest BCUT2D eigenvalue weighted by Crippen LogP contribution is 2.34. The van der Waals surface area contributed by atoms with E-state index in [4.69, 9.17) is 14.2 Å². The normalized spacial score (nSPS) is 19.2. The van der Waals surface area contributed by atoms with Crippen LogP contribution in [0, 0.1) is 6.92 Å². The predicted octanol–water partition coefficient (Wildman–Crippen LogP) is 2.69. The summed E-state index contributed by atoms with van der Waals surface area (Å²) in [5.41, 5.74) is 3.01. The molecule has 1 amide bonds. The van der Waals surface area contributed by atoms with Gasteiger partial charge in [-0.15, -0.1) is 0 Å². The van der Waals surface area contributed by atoms with Crippen LogP contribution in [0.4, 0.5) is 5.95 Å². The molecule has 9 heteroatoms. The number of hydrogen-bond acceptors (Lipinski definition) is 8. The highest BCUT2D eigenvalue weighted by atomic mass is 16.5. The number of morpholine rings is 1. The van der Waals surface area contributed by atoms with E-state index >= 15 is 0 Å². The first-order valence-electron chi connectivity index (χ1n) is 11.0. The number of likely N-dealkylation sites (tertiary alicyclic amines) is 1. The zero-order chi connectivity index (χ0) is 21.9. The number of carbonyl (C=O) groups is 1. The summed E-state index contributed by atoms with van der Waals surface area (Å²) in [5.74, 6) is 1.37. The molecule has 0 saturated carbocycles. The smallest absolute Gasteiger partial charge is 0.272 e. The number of aryl methyl sites for hydroxylation is 1. The molecule has 9 nitrogen and oxygen atoms in total. The second-order valence-electron chi connectivity index (χ2n) is 8.21. The van der Waals surface area contributed by atoms with E-state index in [1.54, 1.807) is 12.3 Å². The third kappa shape index (κ3) is 4.20. The molecule has 166 valence electrons. The lowest BCUT2D eigenvalue weighted by Gasteiger charge is -2.33. The molecule has 0 N–H and O–H groups in total. The minimum atomic E-state index is -0.0465. The molecule has 32 heavy (non-hydrogen) atoms. The molecule has 2 aliphatic rings. The number of amides is 1. The average Bonchev–Trinajstić information content (AvgIpc) is 3.30. The number of piperidine rings is 1. The second kappa shape index (κ2) is 9.04. The van der Waals surface area contributed by atoms with Crippen LogP contribution in [0.1, 0.15) is 40.6 Å². The number of nitrogens with zero attached hydrogens (tertiary/aromatic N) is 6. The van der Waals surface area contributed by atoms with Crippen LogP contribution in [0.2, 0.25) is 0 Å². The number of carbonyl (C=O) groups excluding carboxylic acids is 1. The molecule has 0 unspecified atom stereocenters. The standard InChI is InChI=1S/C23H26N6O3/c1-16-13-20(32-27-16)18-14-25-23(28-9-11-31-12-10-28)26-21(18)17-5-4-8-29(15-17)22(30)19-6-2-3-7-24-19/h2-3,6-7,13-14,17H,4-5,8-12,15H2,1H3/t17-/m0/s1. The molecule has 3 aromatic rings. The van der Waals surface area contributed by atoms with Crippen molar-refractivity contribution in [2.24, 2.45) is 0 Å². The van der Waals surface area contributed by atoms with Crippen LogP contribution in [-0.4, -0.2) is 70.3 Å². The van der Waals surface area contributed by atoms with Gasteiger partial charge in [0.25, 0.3) is 5.91 Å². The Labute approximate surface area is 186 Å². The van der Waals surface area contributed by atoms with Crippen LogP contribution < -0.4 is 4.90 Å². The number of hydrogen-bond donors (Lipinski definition) is 0. The predicted molar refractivity (Wildman–Crippen MR) is 117 cm³/mol. The largest absolute Gasteiger partial charge is 0.378 e. The fourth-order valence-corrected chi connectivity index (χ4v) is 4.33. The quantitative estimate of drug-likeness (QED) is 0.618. The van der Waals surface area contributed by atoms with Gasteiger partial charge in [-0.2, -0.15) is 0 Å². The van der Waals surface area contributed by atoms with Crippen molar-refractivity contribution >= 4 is 11.9 Å². The molecule has 1 atom stereocenters. The van der Waals surface area contributed by atoms with Crippen molar-refractivity contribution in [3.63, 3.8) is 0 Å². The maximum atomic E-state index is 13.0. The molecule has 0 bridgehead atoms. The van der Waals surface area contributed by atoms with Crippen molar-refractivity contribution < 1.29 is 14.1 Å². The third-order valence-electron chi connectivity index (χ3n) is 5.97. The number of aromatic nitrogens is 4. The maximum Gasteiger partial charge on any atom is 0.272 e. The zero-order valence-corrected chi connectivity index (χ0v) is 18.1. The first-order chi connectivity index (χ1) is 15.7. The summed E-state index contributed by atoms with van der Waals surface area (Å²) < 4.78 is 11.0. The zero-order valence-electron chi connectivity index (χ0n) is 18.1. The summed E-state index contributed by atoms with van der Waals surface area (Å²) in [6.07, 6.45) is 5.31. The van der Waals surface area contributed by atoms with Crippen LogP contribution in [0.3, 0.4) is 0 Å². The lowest BCUT2D eigenvalue weighted by Crippen LogP contribution is -2.40. The van der Waals surface area contributed by atoms with Gasteiger partial charge in [0.1, 0.15) is 5.69 Å². The van der Waals surface area contributed by atoms with E-state index < -0.39 is 0 Å². The molecule has 0 aromatic carbocycles. The van der Waals surface area contributed by atoms with Crippen LogP contribution in [0.15, 0.2) is 41.2 Å². The number of pyridine rings is 1. The molecule has 2 fully saturated rings. The van der Waals surface area contributed by atoms with Crippen LogP contribution >= 0.6 is 0 Å². The Balaban J connectivity index is 1.47. The summed E-state index contributed by atoms with van der Waals surface area (Å²) in [5, 5.41) is 4.04. The maximum absolute atomic E-state index is 13.0. The molecule has 3 aromatic heterocycles. The van der Waals surface area contributed by atoms with Gasteiger partial charge in [-0.1, -0.05) is 11.2 Å². The third-order valence-corrected chi connectivity index (χ3v) is 5.97. The lowest BCUT2D eigenvalue weighted by atomic mass is 9.91. The first-order valence-corrected chi connectivity index (χ1v) is 11.0. The number of rotatable bonds is 4. The molecule has 5 heterocycles. The van der Waals surface area contributed by atoms with Crippen LogP contribution in [0.25, 0.3) is 11.3 Å². The van der Waals surface area contributed by atoms with Gasteiger partial charge in [-0.3, -0.25) is 9.78 Å². The van der Waals surface area contributed by atoms with E-state index in [2.05, 4.69) is 20.0 Å². The monoisotopic (exact) mass is 434 g/mol. The average molecular weight is 435 g/mol. The van der Waals surface area contributed by atoms with Crippen molar-refractivity contribution in [3.05, 3.63) is 53.7 Å². The Morgan fingerprint density at radius 1 is 1.16 bits per heavy atom. The summed E-state index contributed by atoms with van der Waals surface area (Å²) in [6, 6.07) is 7.31. The Hall–Kier alpha value is -3.33. The van der Waals surface area contributed by atoms with Gasteiger partial charge in [0.15, 0.2) is 5.76 Å². The first kappa shape index (κ1) is 20.6. The molecule has 2 aliphatic heterocycles. The van der Waals surface area contributed by atoms with Crippen LogP contribution in [-0.2, 0) is 4.74 Å². The van der Waals surface area contributed by atoms with E-state index in [0.717, 1.165) is 42.9 Å². The fourth-order valence-electron chi connectivity index (χ4n) is 4.33. The molecular formula is C23H26N6O3. The van der Waals surface area contributed by atoms with Gasteiger partial charge in [0.05, 0.1) is 30.2 Å². The molecule has 0 aliphatic carbocycles. The highest BCUT2D eigenvalue weighted by Gasteiger charge is 2.30. The van der Waals surface area contributed by atoms with E-state index in [1.165, 1.54) is 0 Å². The van der Waals surface area contributed by atoms with Crippen molar-refractivity contribution in [2.45, 2.75) is 25.7 Å². The van der Waals surface area contributed by atoms with Gasteiger partial charge < -0.3 is 19.1 Å². The van der Waals surface area contributed by atoms with Gasteiger partial charge in [0, 0.05) is 50.6 Å². The van der Waals surface area contributed by atoms with Crippen LogP contribution in [0.5, 0.6) is 0 Å². The Bertz CT molecular complexity index is 1080. The molecular weight excluding hydrogens is 408 g/mol. The van der Waals surface area contributed by atoms with Gasteiger partial charge in [0.2, 0.25) is 5.95 Å². The molecule has 0 radical (unpaired) electrons. The van der Waals surface area contributed by atoms with Gasteiger partial charge in [-0.25, -0.2) is 9.97 Å². The van der Waals surface area contributed by atoms with E-state index in [9.17, 15) is 4.79 Å². The van der Waals surface area contributed by atoms with Crippen molar-refractivity contribution in [1.29, 1.82) is 0 Å². The van der Waals surface area contributed by atoms with Crippen molar-refractivity contribution in [3.8, 4) is 11.3 Å². The Kier molecular flexibility index (Phi) is 5.81. The Morgan fingerprint density at radius 2 is 2.03 bits per heavy atom. The SMILES string of the molecule is Cc1cc(-c2cnc(N3CCOCC3)nc2[C@H]2CCCN(C(=O)c3ccccn3)C2)on1. The summed E-state index contributed by atoms with van der Waals surface area (Å²) in [7, 11) is 0. The van der Waals surface area contributed by atoms with E-state index in [-0.39, 0.29) is 11.8 Å². The molecule has 0 spiro atoms. The Morgan fingerprint density at radius 3 is 2.78 bits per heavy atom. The summed E-state index contributed by atoms with van der Waals surface area (Å²) >= 11 is 0. The van der Waals surface area contributed by atoms with Gasteiger partial charge >= 0.3 is 0 Å². The minimum absolute atomic E-state index is 0.0465. The molecule has 5 rings (SSSR count). The second-order valence-corrected chi connectivity index (χ2v) is 8.21. The highest BCUT2D eigenvalue weighted by molar-refractivity contribution is 5.92. The summed E-state index contributed by atoms with van der Waals surface area (Å²) in [6.45, 7) is 6.03. The minimum Gasteiger partial charge on any atom is -0.378 e. The lowest BCUT2D eigenvalue weighted by molar-refractivity contribution is 0.0700. The van der Waals surface area contributed by atoms with Gasteiger partial charge in [-0.05, 0) is 31.9 Å². The van der Waals surface area contributed by atoms with Crippen molar-refractivity contribution in [2.75, 3.05) is 44.3 Å². The number of ether oxygens (including phenoxy) is 1. The molecule has 2 saturated heterocycles. The van der Waals surface area contributed by atoms with E-state index in [1.807, 2.05) is 36.2 Å². The van der Waals surface area contributed by atoms with Crippen molar-refractivity contribution in [1.82, 2.24) is 25.0 Å². The summed E-state index contributed by atoms with van der Waals surface area (Å²) in [4.78, 5) is 30.9. The number of anilines is 1. The topological polar surface area (TPSA) is 97.5 Å². The van der Waals surface area contributed by atoms with E-state index in [0.29, 0.717) is 43.7 Å². The fraction of sp³-hybridized carbons (Fsp3) is 0.435.